The molecule has 17 heavy (non-hydrogen) atoms. The first-order valence-electron chi connectivity index (χ1n) is 5.24. The predicted molar refractivity (Wildman–Crippen MR) is 61.7 cm³/mol. The Bertz CT molecular complexity index is 473. The molecule has 1 unspecified atom stereocenters. The predicted octanol–water partition coefficient (Wildman–Crippen LogP) is 0.954. The van der Waals surface area contributed by atoms with Gasteiger partial charge in [0.2, 0.25) is 0 Å². The van der Waals surface area contributed by atoms with Crippen molar-refractivity contribution in [3.8, 4) is 0 Å². The highest BCUT2D eigenvalue weighted by atomic mass is 19.1. The van der Waals surface area contributed by atoms with E-state index in [1.165, 1.54) is 17.0 Å². The summed E-state index contributed by atoms with van der Waals surface area (Å²) in [5, 5.41) is 12.4. The Morgan fingerprint density at radius 3 is 2.76 bits per heavy atom. The van der Waals surface area contributed by atoms with Crippen molar-refractivity contribution in [2.24, 2.45) is 0 Å². The maximum Gasteiger partial charge on any atom is 0.254 e. The zero-order valence-electron chi connectivity index (χ0n) is 9.35. The fraction of sp³-hybridized carbons (Fsp3) is 0.250. The average molecular weight is 236 g/mol. The van der Waals surface area contributed by atoms with Gasteiger partial charge >= 0.3 is 0 Å². The minimum Gasteiger partial charge on any atom is -0.369 e. The summed E-state index contributed by atoms with van der Waals surface area (Å²) in [6.07, 6.45) is 0.435. The van der Waals surface area contributed by atoms with Crippen LogP contribution in [0.15, 0.2) is 35.9 Å². The number of hydrogen-bond donors (Lipinski definition) is 2. The van der Waals surface area contributed by atoms with Crippen molar-refractivity contribution in [1.82, 2.24) is 4.90 Å². The third-order valence-corrected chi connectivity index (χ3v) is 2.64. The zero-order chi connectivity index (χ0) is 12.4. The van der Waals surface area contributed by atoms with Crippen molar-refractivity contribution in [1.29, 1.82) is 0 Å². The molecule has 1 aliphatic rings. The molecule has 0 aromatic heterocycles. The van der Waals surface area contributed by atoms with Gasteiger partial charge in [0.15, 0.2) is 6.23 Å². The van der Waals surface area contributed by atoms with Crippen LogP contribution in [0.4, 0.5) is 10.1 Å². The largest absolute Gasteiger partial charge is 0.369 e. The summed E-state index contributed by atoms with van der Waals surface area (Å²) in [5.74, 6) is -0.715. The van der Waals surface area contributed by atoms with Crippen molar-refractivity contribution in [2.45, 2.75) is 6.23 Å². The van der Waals surface area contributed by atoms with E-state index in [4.69, 9.17) is 0 Å². The normalized spacial score (nSPS) is 17.0. The molecule has 0 fully saturated rings. The quantitative estimate of drug-likeness (QED) is 0.768. The summed E-state index contributed by atoms with van der Waals surface area (Å²) in [4.78, 5) is 13.1. The van der Waals surface area contributed by atoms with Gasteiger partial charge in [0.25, 0.3) is 5.91 Å². The van der Waals surface area contributed by atoms with Crippen molar-refractivity contribution in [2.75, 3.05) is 18.9 Å². The highest BCUT2D eigenvalue weighted by molar-refractivity contribution is 5.96. The number of para-hydroxylation sites is 1. The number of rotatable bonds is 3. The summed E-state index contributed by atoms with van der Waals surface area (Å²) in [7, 11) is 1.64. The molecule has 1 amide bonds. The molecule has 1 aromatic carbocycles. The third kappa shape index (κ3) is 2.29. The molecule has 5 heteroatoms. The van der Waals surface area contributed by atoms with E-state index in [1.54, 1.807) is 25.3 Å². The summed E-state index contributed by atoms with van der Waals surface area (Å²) in [6, 6.07) is 5.99. The minimum absolute atomic E-state index is 0.170. The Labute approximate surface area is 98.4 Å². The number of halogens is 1. The number of amides is 1. The number of nitrogens with zero attached hydrogens (tertiary/aromatic N) is 1. The number of benzene rings is 1. The average Bonchev–Trinajstić information content (AvgIpc) is 2.63. The molecule has 1 atom stereocenters. The number of nitrogens with one attached hydrogen (secondary N) is 1. The highest BCUT2D eigenvalue weighted by Crippen LogP contribution is 2.18. The molecule has 2 rings (SSSR count). The number of aliphatic hydroxyl groups excluding tert-OH is 1. The van der Waals surface area contributed by atoms with Gasteiger partial charge in [-0.05, 0) is 12.1 Å². The summed E-state index contributed by atoms with van der Waals surface area (Å²) >= 11 is 0. The lowest BCUT2D eigenvalue weighted by Gasteiger charge is -2.16. The number of hydrogen-bond acceptors (Lipinski definition) is 3. The Kier molecular flexibility index (Phi) is 3.10. The van der Waals surface area contributed by atoms with Gasteiger partial charge in [-0.15, -0.1) is 0 Å². The second-order valence-corrected chi connectivity index (χ2v) is 3.87. The van der Waals surface area contributed by atoms with Crippen LogP contribution in [0.25, 0.3) is 0 Å². The van der Waals surface area contributed by atoms with E-state index in [2.05, 4.69) is 5.32 Å². The topological polar surface area (TPSA) is 52.6 Å². The molecule has 90 valence electrons. The number of carbonyl (C=O) groups is 1. The van der Waals surface area contributed by atoms with Gasteiger partial charge in [-0.3, -0.25) is 4.79 Å². The monoisotopic (exact) mass is 236 g/mol. The van der Waals surface area contributed by atoms with E-state index in [1.807, 2.05) is 0 Å². The molecular formula is C12H13FN2O2. The number of likely N-dealkylation sites (N-methyl/N-ethyl adjacent to an activating group) is 1. The molecule has 0 saturated carbocycles. The van der Waals surface area contributed by atoms with Crippen LogP contribution in [0.3, 0.4) is 0 Å². The smallest absolute Gasteiger partial charge is 0.254 e. The van der Waals surface area contributed by atoms with Crippen LogP contribution in [0.2, 0.25) is 0 Å². The van der Waals surface area contributed by atoms with E-state index in [9.17, 15) is 14.3 Å². The second-order valence-electron chi connectivity index (χ2n) is 3.87. The molecule has 0 aliphatic carbocycles. The fourth-order valence-corrected chi connectivity index (χ4v) is 1.66. The highest BCUT2D eigenvalue weighted by Gasteiger charge is 2.26. The Hall–Kier alpha value is -1.88. The van der Waals surface area contributed by atoms with Gasteiger partial charge in [0, 0.05) is 13.6 Å². The first kappa shape index (κ1) is 11.6. The first-order valence-corrected chi connectivity index (χ1v) is 5.24. The summed E-state index contributed by atoms with van der Waals surface area (Å²) in [6.45, 7) is 0.462. The molecule has 1 aromatic rings. The number of carbonyl (C=O) groups excluding carboxylic acids is 1. The molecule has 1 heterocycles. The lowest BCUT2D eigenvalue weighted by atomic mass is 10.2. The number of anilines is 1. The summed E-state index contributed by atoms with van der Waals surface area (Å²) in [5.41, 5.74) is 0.416. The minimum atomic E-state index is -1.19. The van der Waals surface area contributed by atoms with Gasteiger partial charge in [-0.1, -0.05) is 18.2 Å². The molecule has 1 aliphatic heterocycles. The van der Waals surface area contributed by atoms with E-state index >= 15 is 0 Å². The standard InChI is InChI=1S/C12H13FN2O2/c1-15-7-6-8(12(15)17)11(16)14-10-5-3-2-4-9(10)13/h2-6,11,14,16H,7H2,1H3. The molecule has 2 N–H and O–H groups in total. The van der Waals surface area contributed by atoms with Crippen LogP contribution in [0.5, 0.6) is 0 Å². The SMILES string of the molecule is CN1CC=C(C(O)Nc2ccccc2F)C1=O. The Morgan fingerprint density at radius 2 is 2.18 bits per heavy atom. The lowest BCUT2D eigenvalue weighted by Crippen LogP contribution is -2.30. The van der Waals surface area contributed by atoms with Gasteiger partial charge in [0.1, 0.15) is 5.82 Å². The molecular weight excluding hydrogens is 223 g/mol. The van der Waals surface area contributed by atoms with Crippen LogP contribution in [0.1, 0.15) is 0 Å². The molecule has 0 spiro atoms. The fourth-order valence-electron chi connectivity index (χ4n) is 1.66. The van der Waals surface area contributed by atoms with Gasteiger partial charge < -0.3 is 15.3 Å². The zero-order valence-corrected chi connectivity index (χ0v) is 9.35. The molecule has 0 bridgehead atoms. The number of aliphatic hydroxyl groups is 1. The van der Waals surface area contributed by atoms with Crippen LogP contribution in [-0.2, 0) is 4.79 Å². The summed E-state index contributed by atoms with van der Waals surface area (Å²) < 4.78 is 13.3. The van der Waals surface area contributed by atoms with E-state index in [-0.39, 0.29) is 17.2 Å². The molecule has 4 nitrogen and oxygen atoms in total. The van der Waals surface area contributed by atoms with Crippen LogP contribution in [-0.4, -0.2) is 35.7 Å². The third-order valence-electron chi connectivity index (χ3n) is 2.64. The van der Waals surface area contributed by atoms with Crippen LogP contribution in [0, 0.1) is 5.82 Å². The van der Waals surface area contributed by atoms with E-state index in [0.29, 0.717) is 6.54 Å². The Balaban J connectivity index is 2.10. The second kappa shape index (κ2) is 4.55. The van der Waals surface area contributed by atoms with Crippen LogP contribution >= 0.6 is 0 Å². The van der Waals surface area contributed by atoms with Crippen molar-refractivity contribution < 1.29 is 14.3 Å². The van der Waals surface area contributed by atoms with Gasteiger partial charge in [-0.2, -0.15) is 0 Å². The van der Waals surface area contributed by atoms with E-state index < -0.39 is 12.0 Å². The van der Waals surface area contributed by atoms with Gasteiger partial charge in [-0.25, -0.2) is 4.39 Å². The Morgan fingerprint density at radius 1 is 1.47 bits per heavy atom. The lowest BCUT2D eigenvalue weighted by molar-refractivity contribution is -0.125. The molecule has 0 radical (unpaired) electrons. The first-order chi connectivity index (χ1) is 8.09. The maximum atomic E-state index is 13.3. The van der Waals surface area contributed by atoms with Crippen molar-refractivity contribution in [3.63, 3.8) is 0 Å². The molecule has 0 saturated heterocycles. The van der Waals surface area contributed by atoms with Gasteiger partial charge in [0.05, 0.1) is 11.3 Å². The van der Waals surface area contributed by atoms with Crippen molar-refractivity contribution in [3.05, 3.63) is 41.7 Å². The van der Waals surface area contributed by atoms with Crippen LogP contribution < -0.4 is 5.32 Å². The van der Waals surface area contributed by atoms with Crippen molar-refractivity contribution >= 4 is 11.6 Å². The van der Waals surface area contributed by atoms with E-state index in [0.717, 1.165) is 0 Å². The maximum absolute atomic E-state index is 13.3.